The number of rotatable bonds is 11. The van der Waals surface area contributed by atoms with Crippen molar-refractivity contribution in [2.75, 3.05) is 20.1 Å². The van der Waals surface area contributed by atoms with Crippen LogP contribution in [0.4, 0.5) is 0 Å². The lowest BCUT2D eigenvalue weighted by molar-refractivity contribution is -0.144. The van der Waals surface area contributed by atoms with E-state index in [-0.39, 0.29) is 24.8 Å². The van der Waals surface area contributed by atoms with Gasteiger partial charge in [0.25, 0.3) is 0 Å². The van der Waals surface area contributed by atoms with Gasteiger partial charge in [0.15, 0.2) is 5.96 Å². The van der Waals surface area contributed by atoms with Gasteiger partial charge in [-0.05, 0) is 44.7 Å². The summed E-state index contributed by atoms with van der Waals surface area (Å²) in [6.45, 7) is 0.742. The zero-order valence-electron chi connectivity index (χ0n) is 17.8. The number of nitrogens with zero attached hydrogens (tertiary/aromatic N) is 2. The monoisotopic (exact) mass is 432 g/mol. The molecule has 1 aliphatic heterocycles. The van der Waals surface area contributed by atoms with Gasteiger partial charge in [-0.3, -0.25) is 14.6 Å². The van der Waals surface area contributed by atoms with Crippen LogP contribution in [-0.4, -0.2) is 72.0 Å². The number of nitrogens with one attached hydrogen (secondary N) is 2. The summed E-state index contributed by atoms with van der Waals surface area (Å²) in [4.78, 5) is 42.9. The van der Waals surface area contributed by atoms with Crippen LogP contribution in [0.3, 0.4) is 0 Å². The van der Waals surface area contributed by atoms with Gasteiger partial charge in [0.2, 0.25) is 11.8 Å². The molecule has 7 N–H and O–H groups in total. The van der Waals surface area contributed by atoms with Gasteiger partial charge in [-0.1, -0.05) is 30.3 Å². The Morgan fingerprint density at radius 1 is 1.23 bits per heavy atom. The van der Waals surface area contributed by atoms with Crippen molar-refractivity contribution in [3.63, 3.8) is 0 Å². The van der Waals surface area contributed by atoms with E-state index in [0.29, 0.717) is 32.2 Å². The predicted molar refractivity (Wildman–Crippen MR) is 117 cm³/mol. The molecule has 0 radical (unpaired) electrons. The van der Waals surface area contributed by atoms with Crippen LogP contribution in [-0.2, 0) is 20.8 Å². The van der Waals surface area contributed by atoms with Crippen LogP contribution in [0.25, 0.3) is 0 Å². The molecule has 1 aromatic carbocycles. The van der Waals surface area contributed by atoms with Crippen molar-refractivity contribution >= 4 is 23.7 Å². The normalized spacial score (nSPS) is 17.6. The van der Waals surface area contributed by atoms with Gasteiger partial charge in [0, 0.05) is 13.1 Å². The Labute approximate surface area is 182 Å². The number of guanidine groups is 1. The lowest BCUT2D eigenvalue weighted by Crippen LogP contribution is -2.54. The zero-order valence-corrected chi connectivity index (χ0v) is 17.8. The molecule has 0 aromatic heterocycles. The third-order valence-electron chi connectivity index (χ3n) is 5.33. The number of nitrogens with two attached hydrogens (primary N) is 2. The highest BCUT2D eigenvalue weighted by Crippen LogP contribution is 2.20. The minimum atomic E-state index is -1.13. The molecule has 0 unspecified atom stereocenters. The summed E-state index contributed by atoms with van der Waals surface area (Å²) in [5.41, 5.74) is 11.5. The first kappa shape index (κ1) is 24.1. The topological polar surface area (TPSA) is 163 Å². The molecule has 2 rings (SSSR count). The molecule has 31 heavy (non-hydrogen) atoms. The number of likely N-dealkylation sites (N-methyl/N-ethyl adjacent to an activating group) is 1. The third-order valence-corrected chi connectivity index (χ3v) is 5.33. The van der Waals surface area contributed by atoms with E-state index >= 15 is 0 Å². The smallest absolute Gasteiger partial charge is 0.326 e. The van der Waals surface area contributed by atoms with Gasteiger partial charge in [0.1, 0.15) is 12.1 Å². The van der Waals surface area contributed by atoms with E-state index in [9.17, 15) is 19.5 Å². The van der Waals surface area contributed by atoms with Gasteiger partial charge >= 0.3 is 5.97 Å². The summed E-state index contributed by atoms with van der Waals surface area (Å²) in [6, 6.07) is 7.43. The first-order valence-electron chi connectivity index (χ1n) is 10.4. The van der Waals surface area contributed by atoms with Crippen molar-refractivity contribution in [1.82, 2.24) is 15.5 Å². The number of carbonyl (C=O) groups is 3. The molecule has 1 aliphatic rings. The first-order valence-corrected chi connectivity index (χ1v) is 10.4. The van der Waals surface area contributed by atoms with Crippen molar-refractivity contribution in [3.8, 4) is 0 Å². The maximum Gasteiger partial charge on any atom is 0.326 e. The molecule has 0 saturated carbocycles. The number of likely N-dealkylation sites (tertiary alicyclic amines) is 1. The number of carboxylic acid groups (broad SMARTS) is 1. The number of carboxylic acids is 1. The molecule has 1 aromatic rings. The number of hydrogen-bond acceptors (Lipinski definition) is 5. The van der Waals surface area contributed by atoms with E-state index < -0.39 is 30.0 Å². The van der Waals surface area contributed by atoms with Gasteiger partial charge in [-0.15, -0.1) is 0 Å². The molecule has 1 fully saturated rings. The van der Waals surface area contributed by atoms with Crippen LogP contribution >= 0.6 is 0 Å². The maximum absolute atomic E-state index is 13.1. The number of carbonyl (C=O) groups excluding carboxylic acids is 2. The molecule has 10 heteroatoms. The minimum absolute atomic E-state index is 0.0642. The van der Waals surface area contributed by atoms with Crippen LogP contribution in [0.15, 0.2) is 35.3 Å². The molecule has 2 amide bonds. The maximum atomic E-state index is 13.1. The van der Waals surface area contributed by atoms with Gasteiger partial charge in [-0.25, -0.2) is 4.79 Å². The lowest BCUT2D eigenvalue weighted by atomic mass is 10.0. The molecule has 1 saturated heterocycles. The van der Waals surface area contributed by atoms with Gasteiger partial charge in [0.05, 0.1) is 6.04 Å². The Morgan fingerprint density at radius 2 is 1.94 bits per heavy atom. The van der Waals surface area contributed by atoms with E-state index in [1.54, 1.807) is 11.9 Å². The summed E-state index contributed by atoms with van der Waals surface area (Å²) in [5, 5.41) is 15.1. The SMILES string of the molecule is CN[C@@H](Cc1ccccc1)C(=O)N1CCC[C@H]1C(=O)N[C@@H](CCCN=C(N)N)C(=O)O. The van der Waals surface area contributed by atoms with Crippen LogP contribution < -0.4 is 22.1 Å². The van der Waals surface area contributed by atoms with Crippen LogP contribution in [0.5, 0.6) is 0 Å². The van der Waals surface area contributed by atoms with Crippen molar-refractivity contribution in [2.24, 2.45) is 16.5 Å². The van der Waals surface area contributed by atoms with Crippen LogP contribution in [0.1, 0.15) is 31.2 Å². The zero-order chi connectivity index (χ0) is 22.8. The number of aliphatic imine (C=N–C) groups is 1. The number of amides is 2. The third kappa shape index (κ3) is 7.25. The summed E-state index contributed by atoms with van der Waals surface area (Å²) in [7, 11) is 1.72. The Hall–Kier alpha value is -3.14. The fourth-order valence-electron chi connectivity index (χ4n) is 3.69. The number of hydrogen-bond donors (Lipinski definition) is 5. The van der Waals surface area contributed by atoms with E-state index in [2.05, 4.69) is 15.6 Å². The van der Waals surface area contributed by atoms with Crippen molar-refractivity contribution < 1.29 is 19.5 Å². The van der Waals surface area contributed by atoms with E-state index in [4.69, 9.17) is 11.5 Å². The van der Waals surface area contributed by atoms with Gasteiger partial charge < -0.3 is 32.1 Å². The quantitative estimate of drug-likeness (QED) is 0.178. The predicted octanol–water partition coefficient (Wildman–Crippen LogP) is -0.569. The first-order chi connectivity index (χ1) is 14.8. The second-order valence-electron chi connectivity index (χ2n) is 7.57. The number of benzene rings is 1. The highest BCUT2D eigenvalue weighted by atomic mass is 16.4. The molecule has 0 spiro atoms. The Kier molecular flexibility index (Phi) is 9.26. The average Bonchev–Trinajstić information content (AvgIpc) is 3.24. The second-order valence-corrected chi connectivity index (χ2v) is 7.57. The van der Waals surface area contributed by atoms with Crippen LogP contribution in [0.2, 0.25) is 0 Å². The summed E-state index contributed by atoms with van der Waals surface area (Å²) < 4.78 is 0. The Balaban J connectivity index is 1.99. The standard InChI is InChI=1S/C21H32N6O4/c1-24-16(13-14-7-3-2-4-8-14)19(29)27-12-6-10-17(27)18(28)26-15(20(30)31)9-5-11-25-21(22)23/h2-4,7-8,15-17,24H,5-6,9-13H2,1H3,(H,26,28)(H,30,31)(H4,22,23,25)/t15-,16-,17-/m0/s1. The van der Waals surface area contributed by atoms with E-state index in [1.165, 1.54) is 0 Å². The fraction of sp³-hybridized carbons (Fsp3) is 0.524. The molecule has 10 nitrogen and oxygen atoms in total. The summed E-state index contributed by atoms with van der Waals surface area (Å²) >= 11 is 0. The molecule has 0 aliphatic carbocycles. The average molecular weight is 433 g/mol. The van der Waals surface area contributed by atoms with Crippen molar-refractivity contribution in [1.29, 1.82) is 0 Å². The van der Waals surface area contributed by atoms with Crippen LogP contribution in [0, 0.1) is 0 Å². The van der Waals surface area contributed by atoms with Crippen molar-refractivity contribution in [3.05, 3.63) is 35.9 Å². The van der Waals surface area contributed by atoms with E-state index in [0.717, 1.165) is 5.56 Å². The lowest BCUT2D eigenvalue weighted by Gasteiger charge is -2.29. The molecular formula is C21H32N6O4. The highest BCUT2D eigenvalue weighted by molar-refractivity contribution is 5.92. The molecular weight excluding hydrogens is 400 g/mol. The fourth-order valence-corrected chi connectivity index (χ4v) is 3.69. The van der Waals surface area contributed by atoms with E-state index in [1.807, 2.05) is 30.3 Å². The van der Waals surface area contributed by atoms with Crippen molar-refractivity contribution in [2.45, 2.75) is 50.2 Å². The largest absolute Gasteiger partial charge is 0.480 e. The molecule has 3 atom stereocenters. The Bertz CT molecular complexity index is 781. The molecule has 1 heterocycles. The number of aliphatic carboxylic acids is 1. The molecule has 170 valence electrons. The summed E-state index contributed by atoms with van der Waals surface area (Å²) in [5.74, 6) is -1.81. The highest BCUT2D eigenvalue weighted by Gasteiger charge is 2.38. The Morgan fingerprint density at radius 3 is 2.55 bits per heavy atom. The molecule has 0 bridgehead atoms. The van der Waals surface area contributed by atoms with Gasteiger partial charge in [-0.2, -0.15) is 0 Å². The minimum Gasteiger partial charge on any atom is -0.480 e. The summed E-state index contributed by atoms with van der Waals surface area (Å²) in [6.07, 6.45) is 2.28. The second kappa shape index (κ2) is 11.9.